The van der Waals surface area contributed by atoms with Gasteiger partial charge >= 0.3 is 5.97 Å². The van der Waals surface area contributed by atoms with Crippen molar-refractivity contribution in [2.75, 3.05) is 0 Å². The number of carboxylic acid groups (broad SMARTS) is 1. The molecule has 27 heavy (non-hydrogen) atoms. The number of ketones is 1. The second-order valence-corrected chi connectivity index (χ2v) is 7.97. The number of aliphatic carboxylic acids is 1. The van der Waals surface area contributed by atoms with Crippen molar-refractivity contribution in [3.05, 3.63) is 12.2 Å². The lowest BCUT2D eigenvalue weighted by Crippen LogP contribution is -2.31. The van der Waals surface area contributed by atoms with Gasteiger partial charge in [-0.3, -0.25) is 9.59 Å². The van der Waals surface area contributed by atoms with E-state index in [-0.39, 0.29) is 18.1 Å². The molecule has 4 atom stereocenters. The van der Waals surface area contributed by atoms with Crippen LogP contribution in [0.15, 0.2) is 12.2 Å². The third-order valence-corrected chi connectivity index (χ3v) is 5.34. The number of unbranched alkanes of at least 4 members (excludes halogenated alkanes) is 3. The molecule has 0 amide bonds. The van der Waals surface area contributed by atoms with Gasteiger partial charge in [-0.2, -0.15) is 0 Å². The first-order chi connectivity index (χ1) is 12.7. The molecule has 1 aliphatic carbocycles. The first kappa shape index (κ1) is 23.4. The molecule has 5 heteroatoms. The van der Waals surface area contributed by atoms with E-state index < -0.39 is 29.5 Å². The Balaban J connectivity index is 2.72. The van der Waals surface area contributed by atoms with E-state index in [0.717, 1.165) is 19.3 Å². The van der Waals surface area contributed by atoms with Crippen molar-refractivity contribution < 1.29 is 24.9 Å². The van der Waals surface area contributed by atoms with E-state index >= 15 is 0 Å². The number of aliphatic hydroxyl groups is 2. The topological polar surface area (TPSA) is 94.8 Å². The van der Waals surface area contributed by atoms with Crippen molar-refractivity contribution in [1.29, 1.82) is 0 Å². The van der Waals surface area contributed by atoms with Gasteiger partial charge in [-0.05, 0) is 12.8 Å². The monoisotopic (exact) mass is 378 g/mol. The highest BCUT2D eigenvalue weighted by Crippen LogP contribution is 2.44. The van der Waals surface area contributed by atoms with Crippen LogP contribution in [0.5, 0.6) is 0 Å². The van der Waals surface area contributed by atoms with E-state index in [1.54, 1.807) is 26.0 Å². The third kappa shape index (κ3) is 7.12. The first-order valence-corrected chi connectivity index (χ1v) is 9.98. The summed E-state index contributed by atoms with van der Waals surface area (Å²) in [5, 5.41) is 29.3. The van der Waals surface area contributed by atoms with Crippen molar-refractivity contribution in [1.82, 2.24) is 0 Å². The number of aliphatic hydroxyl groups excluding tert-OH is 2. The Labute approximate surface area is 162 Å². The van der Waals surface area contributed by atoms with Crippen LogP contribution in [0.4, 0.5) is 0 Å². The molecule has 3 N–H and O–H groups in total. The summed E-state index contributed by atoms with van der Waals surface area (Å²) >= 11 is 0. The van der Waals surface area contributed by atoms with Gasteiger partial charge in [0.05, 0.1) is 17.6 Å². The van der Waals surface area contributed by atoms with Crippen LogP contribution in [-0.2, 0) is 9.59 Å². The molecule has 0 aromatic rings. The van der Waals surface area contributed by atoms with Gasteiger partial charge in [-0.25, -0.2) is 0 Å². The summed E-state index contributed by atoms with van der Waals surface area (Å²) < 4.78 is 0. The summed E-state index contributed by atoms with van der Waals surface area (Å²) in [5.41, 5.74) is -0.835. The molecule has 0 heterocycles. The maximum Gasteiger partial charge on any atom is 0.303 e. The highest BCUT2D eigenvalue weighted by atomic mass is 16.4. The molecule has 1 aliphatic rings. The number of carbonyl (C=O) groups is 2. The summed E-state index contributed by atoms with van der Waals surface area (Å²) in [4.78, 5) is 23.2. The van der Waals surface area contributed by atoms with E-state index in [1.807, 2.05) is 0 Å². The number of Topliss-reactive ketones (excluding diaryl/α,β-unsaturated/α-hetero) is 1. The number of hydrogen-bond donors (Lipinski definition) is 3. The average molecular weight is 379 g/mol. The number of carbonyl (C=O) groups excluding carboxylic acids is 1. The predicted molar refractivity (Wildman–Crippen MR) is 105 cm³/mol. The summed E-state index contributed by atoms with van der Waals surface area (Å²) in [6.07, 6.45) is 7.30. The Bertz CT molecular complexity index is 581. The molecule has 0 aliphatic heterocycles. The second-order valence-electron chi connectivity index (χ2n) is 7.97. The molecule has 0 aromatic carbocycles. The molecular weight excluding hydrogens is 344 g/mol. The maximum absolute atomic E-state index is 12.7. The first-order valence-electron chi connectivity index (χ1n) is 9.98. The molecule has 0 radical (unpaired) electrons. The lowest BCUT2D eigenvalue weighted by Gasteiger charge is -2.22. The molecule has 0 saturated heterocycles. The van der Waals surface area contributed by atoms with E-state index in [9.17, 15) is 19.8 Å². The summed E-state index contributed by atoms with van der Waals surface area (Å²) in [7, 11) is 0. The van der Waals surface area contributed by atoms with Crippen LogP contribution in [0, 0.1) is 29.1 Å². The van der Waals surface area contributed by atoms with Crippen LogP contribution in [0.1, 0.15) is 72.1 Å². The van der Waals surface area contributed by atoms with Crippen LogP contribution < -0.4 is 0 Å². The molecule has 5 nitrogen and oxygen atoms in total. The van der Waals surface area contributed by atoms with Gasteiger partial charge in [-0.15, -0.1) is 11.8 Å². The Morgan fingerprint density at radius 1 is 1.26 bits per heavy atom. The fraction of sp³-hybridized carbons (Fsp3) is 0.727. The Kier molecular flexibility index (Phi) is 9.76. The minimum Gasteiger partial charge on any atom is -0.481 e. The molecule has 0 aromatic heterocycles. The molecule has 0 unspecified atom stereocenters. The van der Waals surface area contributed by atoms with Gasteiger partial charge in [-0.1, -0.05) is 52.2 Å². The van der Waals surface area contributed by atoms with Crippen molar-refractivity contribution in [3.63, 3.8) is 0 Å². The fourth-order valence-electron chi connectivity index (χ4n) is 3.52. The molecule has 1 saturated carbocycles. The van der Waals surface area contributed by atoms with Crippen LogP contribution in [0.3, 0.4) is 0 Å². The minimum absolute atomic E-state index is 0.00930. The number of hydrogen-bond acceptors (Lipinski definition) is 4. The Hall–Kier alpha value is -1.64. The normalized spacial score (nSPS) is 25.4. The largest absolute Gasteiger partial charge is 0.481 e. The lowest BCUT2D eigenvalue weighted by atomic mass is 9.86. The molecular formula is C22H34O5. The van der Waals surface area contributed by atoms with Crippen molar-refractivity contribution in [2.45, 2.75) is 84.3 Å². The average Bonchev–Trinajstić information content (AvgIpc) is 2.76. The molecule has 1 fully saturated rings. The number of rotatable bonds is 10. The van der Waals surface area contributed by atoms with Crippen LogP contribution in [0.2, 0.25) is 0 Å². The van der Waals surface area contributed by atoms with E-state index in [4.69, 9.17) is 5.11 Å². The highest BCUT2D eigenvalue weighted by Gasteiger charge is 2.52. The SMILES string of the molecule is CCCCC[C@H](O)C=C[C@H]1[C@@H](O)C(C)(C)C(=O)[C@@H]1CC#CCCCC(=O)O. The van der Waals surface area contributed by atoms with E-state index in [0.29, 0.717) is 25.7 Å². The van der Waals surface area contributed by atoms with Gasteiger partial charge < -0.3 is 15.3 Å². The summed E-state index contributed by atoms with van der Waals surface area (Å²) in [6.45, 7) is 5.61. The molecule has 152 valence electrons. The minimum atomic E-state index is -0.838. The standard InChI is InChI=1S/C22H34O5/c1-4-5-8-11-16(23)14-15-18-17(20(26)22(2,3)21(18)27)12-9-6-7-10-13-19(24)25/h14-18,21,23,27H,4-5,7-8,10-13H2,1-3H3,(H,24,25)/t16-,17+,18+,21+/m0/s1. The smallest absolute Gasteiger partial charge is 0.303 e. The molecule has 1 rings (SSSR count). The zero-order valence-electron chi connectivity index (χ0n) is 16.8. The van der Waals surface area contributed by atoms with E-state index in [1.165, 1.54) is 0 Å². The fourth-order valence-corrected chi connectivity index (χ4v) is 3.52. The van der Waals surface area contributed by atoms with Crippen LogP contribution >= 0.6 is 0 Å². The zero-order valence-corrected chi connectivity index (χ0v) is 16.8. The van der Waals surface area contributed by atoms with Crippen molar-refractivity contribution in [3.8, 4) is 11.8 Å². The lowest BCUT2D eigenvalue weighted by molar-refractivity contribution is -0.137. The molecule has 0 spiro atoms. The maximum atomic E-state index is 12.7. The van der Waals surface area contributed by atoms with Crippen LogP contribution in [0.25, 0.3) is 0 Å². The summed E-state index contributed by atoms with van der Waals surface area (Å²) in [5.74, 6) is 4.30. The van der Waals surface area contributed by atoms with E-state index in [2.05, 4.69) is 18.8 Å². The quantitative estimate of drug-likeness (QED) is 0.308. The number of carboxylic acids is 1. The van der Waals surface area contributed by atoms with Crippen LogP contribution in [-0.4, -0.2) is 39.3 Å². The third-order valence-electron chi connectivity index (χ3n) is 5.34. The van der Waals surface area contributed by atoms with Gasteiger partial charge in [0.2, 0.25) is 0 Å². The van der Waals surface area contributed by atoms with Gasteiger partial charge in [0, 0.05) is 31.1 Å². The van der Waals surface area contributed by atoms with Crippen molar-refractivity contribution >= 4 is 11.8 Å². The molecule has 0 bridgehead atoms. The predicted octanol–water partition coefficient (Wildman–Crippen LogP) is 3.33. The summed E-state index contributed by atoms with van der Waals surface area (Å²) in [6, 6.07) is 0. The van der Waals surface area contributed by atoms with Gasteiger partial charge in [0.15, 0.2) is 0 Å². The zero-order chi connectivity index (χ0) is 20.4. The van der Waals surface area contributed by atoms with Crippen molar-refractivity contribution in [2.24, 2.45) is 17.3 Å². The Morgan fingerprint density at radius 2 is 1.96 bits per heavy atom. The highest BCUT2D eigenvalue weighted by molar-refractivity contribution is 5.90. The van der Waals surface area contributed by atoms with Gasteiger partial charge in [0.1, 0.15) is 5.78 Å². The van der Waals surface area contributed by atoms with Gasteiger partial charge in [0.25, 0.3) is 0 Å². The Morgan fingerprint density at radius 3 is 2.59 bits per heavy atom. The second kappa shape index (κ2) is 11.3.